The maximum atomic E-state index is 11.4. The van der Waals surface area contributed by atoms with Gasteiger partial charge in [-0.15, -0.1) is 0 Å². The van der Waals surface area contributed by atoms with Crippen LogP contribution in [0.2, 0.25) is 0 Å². The van der Waals surface area contributed by atoms with Crippen molar-refractivity contribution in [3.05, 3.63) is 20.2 Å². The maximum Gasteiger partial charge on any atom is 0.457 e. The highest BCUT2D eigenvalue weighted by atomic mass is 32.3. The number of nitriles is 2. The Morgan fingerprint density at radius 1 is 0.762 bits per heavy atom. The minimum Gasteiger partial charge on any atom is -0.233 e. The van der Waals surface area contributed by atoms with Crippen LogP contribution in [0.4, 0.5) is 0 Å². The first-order chi connectivity index (χ1) is 9.25. The van der Waals surface area contributed by atoms with Gasteiger partial charge in [0.05, 0.1) is 0 Å². The Kier molecular flexibility index (Phi) is 4.61. The molecule has 0 saturated heterocycles. The molecule has 0 aromatic heterocycles. The number of nitro groups is 2. The Hall–Kier alpha value is -2.77. The zero-order valence-electron chi connectivity index (χ0n) is 8.99. The van der Waals surface area contributed by atoms with Crippen LogP contribution in [-0.2, 0) is 30.3 Å². The lowest BCUT2D eigenvalue weighted by Gasteiger charge is -2.12. The third-order valence-corrected chi connectivity index (χ3v) is 6.22. The summed E-state index contributed by atoms with van der Waals surface area (Å²) in [6.07, 6.45) is 0. The molecule has 0 amide bonds. The smallest absolute Gasteiger partial charge is 0.233 e. The fourth-order valence-electron chi connectivity index (χ4n) is 0.722. The fourth-order valence-corrected chi connectivity index (χ4v) is 4.36. The second-order valence-electron chi connectivity index (χ2n) is 2.53. The molecule has 0 bridgehead atoms. The van der Waals surface area contributed by atoms with Crippen molar-refractivity contribution in [2.75, 3.05) is 0 Å². The highest BCUT2D eigenvalue weighted by molar-refractivity contribution is 8.10. The van der Waals surface area contributed by atoms with E-state index >= 15 is 0 Å². The molecule has 0 aromatic rings. The first kappa shape index (κ1) is 18.2. The lowest BCUT2D eigenvalue weighted by atomic mass is 11.8. The van der Waals surface area contributed by atoms with Crippen LogP contribution in [0.15, 0.2) is 0 Å². The van der Waals surface area contributed by atoms with Crippen molar-refractivity contribution >= 4 is 30.3 Å². The molecule has 0 unspecified atom stereocenters. The summed E-state index contributed by atoms with van der Waals surface area (Å²) in [7, 11) is -18.4. The van der Waals surface area contributed by atoms with Crippen molar-refractivity contribution in [1.29, 1.82) is 10.5 Å². The Morgan fingerprint density at radius 2 is 1.00 bits per heavy atom. The van der Waals surface area contributed by atoms with E-state index in [1.807, 2.05) is 0 Å². The van der Waals surface area contributed by atoms with Gasteiger partial charge in [-0.3, -0.25) is 0 Å². The molecule has 0 aromatic carbocycles. The average molecular weight is 364 g/mol. The molecule has 0 N–H and O–H groups in total. The molecule has 0 atom stereocenters. The quantitative estimate of drug-likeness (QED) is 0.196. The van der Waals surface area contributed by atoms with Gasteiger partial charge in [0.15, 0.2) is 10.1 Å². The van der Waals surface area contributed by atoms with Crippen molar-refractivity contribution in [2.24, 2.45) is 0 Å². The van der Waals surface area contributed by atoms with E-state index in [0.29, 0.717) is 0 Å². The zero-order chi connectivity index (χ0) is 17.2. The summed E-state index contributed by atoms with van der Waals surface area (Å²) in [5.41, 5.74) is 0. The molecule has 116 valence electrons. The largest absolute Gasteiger partial charge is 0.457 e. The van der Waals surface area contributed by atoms with Gasteiger partial charge in [-0.1, -0.05) is 0 Å². The van der Waals surface area contributed by atoms with Crippen LogP contribution in [0.3, 0.4) is 0 Å². The molecule has 19 heteroatoms. The molecule has 0 heterocycles. The van der Waals surface area contributed by atoms with Crippen LogP contribution in [-0.4, -0.2) is 43.0 Å². The zero-order valence-corrected chi connectivity index (χ0v) is 11.4. The monoisotopic (exact) mass is 364 g/mol. The van der Waals surface area contributed by atoms with E-state index in [1.165, 1.54) is 0 Å². The summed E-state index contributed by atoms with van der Waals surface area (Å²) in [5, 5.41) is 32.7. The first-order valence-electron chi connectivity index (χ1n) is 3.72. The Labute approximate surface area is 115 Å². The fraction of sp³-hybridized carbons (Fsp3) is 0. The van der Waals surface area contributed by atoms with Crippen LogP contribution >= 0.6 is 0 Å². The Balaban J connectivity index is 6.70. The third-order valence-electron chi connectivity index (χ3n) is 1.30. The molecule has 0 spiro atoms. The van der Waals surface area contributed by atoms with Crippen LogP contribution in [0, 0.1) is 41.6 Å². The normalized spacial score (nSPS) is 11.7. The topological polar surface area (TPSA) is 243 Å². The average Bonchev–Trinajstić information content (AvgIpc) is 2.25. The number of nitrogens with zero attached hydrogens (tertiary/aromatic N) is 6. The number of hydrogen-bond acceptors (Lipinski definition) is 12. The molecule has 0 aliphatic rings. The number of thiocyanates is 2. The highest BCUT2D eigenvalue weighted by Gasteiger charge is 2.58. The van der Waals surface area contributed by atoms with Gasteiger partial charge in [0, 0.05) is 0 Å². The Bertz CT molecular complexity index is 798. The van der Waals surface area contributed by atoms with Gasteiger partial charge in [-0.2, -0.15) is 35.8 Å². The molecule has 0 saturated carbocycles. The van der Waals surface area contributed by atoms with Gasteiger partial charge in [-0.25, -0.2) is 20.2 Å². The van der Waals surface area contributed by atoms with Gasteiger partial charge < -0.3 is 0 Å². The van der Waals surface area contributed by atoms with Crippen molar-refractivity contribution < 1.29 is 35.3 Å². The van der Waals surface area contributed by atoms with Gasteiger partial charge in [-0.05, 0) is 0 Å². The molecule has 0 fully saturated rings. The molecule has 0 rings (SSSR count). The number of sulfonamides is 2. The van der Waals surface area contributed by atoms with Crippen LogP contribution in [0.25, 0.3) is 0 Å². The maximum absolute atomic E-state index is 11.4. The second kappa shape index (κ2) is 5.31. The predicted molar refractivity (Wildman–Crippen MR) is 55.7 cm³/mol. The van der Waals surface area contributed by atoms with Gasteiger partial charge in [0.25, 0.3) is 0 Å². The summed E-state index contributed by atoms with van der Waals surface area (Å²) in [4.78, 5) is 20.8. The Morgan fingerprint density at radius 3 is 1.14 bits per heavy atom. The van der Waals surface area contributed by atoms with E-state index in [0.717, 1.165) is 0 Å². The van der Waals surface area contributed by atoms with E-state index in [-0.39, 0.29) is 10.8 Å². The van der Waals surface area contributed by atoms with Gasteiger partial charge >= 0.3 is 30.3 Å². The van der Waals surface area contributed by atoms with E-state index in [1.54, 1.807) is 0 Å². The predicted octanol–water partition coefficient (Wildman–Crippen LogP) is -3.16. The van der Waals surface area contributed by atoms with E-state index in [2.05, 4.69) is 0 Å². The highest BCUT2D eigenvalue weighted by Crippen LogP contribution is 2.17. The van der Waals surface area contributed by atoms with Crippen LogP contribution < -0.4 is 0 Å². The van der Waals surface area contributed by atoms with Crippen molar-refractivity contribution in [3.63, 3.8) is 0 Å². The first-order valence-corrected chi connectivity index (χ1v) is 7.99. The molecule has 21 heavy (non-hydrogen) atoms. The minimum atomic E-state index is -6.55. The molecular weight excluding hydrogens is 364 g/mol. The lowest BCUT2D eigenvalue weighted by Crippen LogP contribution is -2.52. The van der Waals surface area contributed by atoms with E-state index in [9.17, 15) is 45.5 Å². The van der Waals surface area contributed by atoms with Crippen LogP contribution in [0.5, 0.6) is 0 Å². The van der Waals surface area contributed by atoms with E-state index < -0.39 is 48.0 Å². The SMILES string of the molecule is N#CS(=O)(=O)N([N+](=O)[O-])S(=O)(=O)N([N+](=O)[O-])S(=O)(=O)C#N. The summed E-state index contributed by atoms with van der Waals surface area (Å²) >= 11 is 0. The standard InChI is InChI=1S/C2N6O10S3/c3-1-19(13,14)7(5(9)10)21(17,18)8(6(11)12)20(15,16)2-4. The van der Waals surface area contributed by atoms with E-state index in [4.69, 9.17) is 10.5 Å². The third kappa shape index (κ3) is 3.22. The van der Waals surface area contributed by atoms with Gasteiger partial charge in [0.2, 0.25) is 10.8 Å². The summed E-state index contributed by atoms with van der Waals surface area (Å²) in [6, 6.07) is 0. The lowest BCUT2D eigenvalue weighted by molar-refractivity contribution is -0.609. The van der Waals surface area contributed by atoms with Crippen molar-refractivity contribution in [2.45, 2.75) is 0 Å². The summed E-state index contributed by atoms with van der Waals surface area (Å²) in [5.74, 6) is 0. The molecule has 0 aliphatic carbocycles. The van der Waals surface area contributed by atoms with Crippen LogP contribution in [0.1, 0.15) is 0 Å². The van der Waals surface area contributed by atoms with Crippen molar-refractivity contribution in [3.8, 4) is 10.8 Å². The number of hydrogen-bond donors (Lipinski definition) is 0. The van der Waals surface area contributed by atoms with Crippen molar-refractivity contribution in [1.82, 2.24) is 7.64 Å². The minimum absolute atomic E-state index is 0.142. The summed E-state index contributed by atoms with van der Waals surface area (Å²) in [6.45, 7) is 0. The number of rotatable bonds is 6. The van der Waals surface area contributed by atoms with Gasteiger partial charge in [0.1, 0.15) is 7.64 Å². The molecule has 16 nitrogen and oxygen atoms in total. The molecular formula is C2N6O10S3. The molecule has 0 radical (unpaired) electrons. The molecule has 0 aliphatic heterocycles. The number of hydrazine groups is 2. The summed E-state index contributed by atoms with van der Waals surface area (Å²) < 4.78 is 62.7. The second-order valence-corrected chi connectivity index (χ2v) is 7.54.